The number of rotatable bonds is 40. The molecular formula is C34H67NO16. The van der Waals surface area contributed by atoms with Gasteiger partial charge in [-0.15, -0.1) is 0 Å². The van der Waals surface area contributed by atoms with Gasteiger partial charge in [0.15, 0.2) is 6.10 Å². The first kappa shape index (κ1) is 49.3. The summed E-state index contributed by atoms with van der Waals surface area (Å²) in [6.07, 6.45) is 2.47. The van der Waals surface area contributed by atoms with Crippen LogP contribution < -0.4 is 0 Å². The maximum Gasteiger partial charge on any atom is 0.410 e. The van der Waals surface area contributed by atoms with Crippen LogP contribution in [0.5, 0.6) is 0 Å². The summed E-state index contributed by atoms with van der Waals surface area (Å²) in [5, 5.41) is 0. The van der Waals surface area contributed by atoms with Gasteiger partial charge in [-0.25, -0.2) is 4.79 Å². The molecule has 1 saturated heterocycles. The Morgan fingerprint density at radius 1 is 0.549 bits per heavy atom. The van der Waals surface area contributed by atoms with Gasteiger partial charge in [-0.2, -0.15) is 0 Å². The van der Waals surface area contributed by atoms with Crippen molar-refractivity contribution in [1.29, 1.82) is 0 Å². The van der Waals surface area contributed by atoms with Crippen LogP contribution in [0.15, 0.2) is 0 Å². The number of carbonyl (C=O) groups excluding carboxylic acids is 2. The largest absolute Gasteiger partial charge is 0.464 e. The second kappa shape index (κ2) is 42.7. The molecule has 0 aromatic rings. The Balaban J connectivity index is 0.00000191. The van der Waals surface area contributed by atoms with Gasteiger partial charge in [-0.1, -0.05) is 0 Å². The molecule has 1 rings (SSSR count). The molecule has 51 heavy (non-hydrogen) atoms. The number of cyclic esters (lactones) is 1. The van der Waals surface area contributed by atoms with E-state index in [4.69, 9.17) is 61.6 Å². The minimum absolute atomic E-state index is 0.138. The highest BCUT2D eigenvalue weighted by Gasteiger charge is 2.28. The van der Waals surface area contributed by atoms with Crippen LogP contribution in [-0.4, -0.2) is 203 Å². The summed E-state index contributed by atoms with van der Waals surface area (Å²) in [7, 11) is 3.29. The highest BCUT2D eigenvalue weighted by atomic mass is 16.6. The topological polar surface area (TPSA) is 167 Å². The van der Waals surface area contributed by atoms with E-state index in [1.165, 1.54) is 4.90 Å². The first-order chi connectivity index (χ1) is 25.2. The fourth-order valence-corrected chi connectivity index (χ4v) is 3.84. The second-order valence-corrected chi connectivity index (χ2v) is 10.7. The van der Waals surface area contributed by atoms with Gasteiger partial charge in [-0.05, 0) is 26.2 Å². The molecule has 1 fully saturated rings. The summed E-state index contributed by atoms with van der Waals surface area (Å²) in [6.45, 7) is 16.5. The molecule has 0 radical (unpaired) electrons. The number of hydrogen-bond acceptors (Lipinski definition) is 16. The highest BCUT2D eigenvalue weighted by Crippen LogP contribution is 2.08. The van der Waals surface area contributed by atoms with Crippen molar-refractivity contribution in [2.24, 2.45) is 0 Å². The summed E-state index contributed by atoms with van der Waals surface area (Å²) >= 11 is 0. The van der Waals surface area contributed by atoms with Crippen molar-refractivity contribution in [3.8, 4) is 0 Å². The fourth-order valence-electron chi connectivity index (χ4n) is 3.84. The quantitative estimate of drug-likeness (QED) is 0.0655. The normalized spacial score (nSPS) is 14.1. The van der Waals surface area contributed by atoms with E-state index in [1.54, 1.807) is 14.2 Å². The molecule has 1 unspecified atom stereocenters. The third kappa shape index (κ3) is 39.3. The average molecular weight is 746 g/mol. The van der Waals surface area contributed by atoms with Crippen molar-refractivity contribution in [2.75, 3.05) is 179 Å². The standard InChI is InChI=1S/C28H58O12.C6H9NO4/c1-3-30-11-12-34-17-18-36-21-22-38-25-26-40-28-27-39-24-23-37-20-19-35-16-14-32-8-6-4-5-7-31-13-15-33-10-9-29-2;1-7-2-5(3-10-4-8)11-6(7)9/h3-28H2,1-2H3;4-5H,2-3H2,1H3. The Morgan fingerprint density at radius 2 is 0.882 bits per heavy atom. The van der Waals surface area contributed by atoms with E-state index in [0.717, 1.165) is 32.5 Å². The minimum Gasteiger partial charge on any atom is -0.464 e. The first-order valence-corrected chi connectivity index (χ1v) is 18.0. The first-order valence-electron chi connectivity index (χ1n) is 18.0. The lowest BCUT2D eigenvalue weighted by atomic mass is 10.2. The van der Waals surface area contributed by atoms with Crippen LogP contribution in [0.25, 0.3) is 0 Å². The third-order valence-electron chi connectivity index (χ3n) is 6.47. The summed E-state index contributed by atoms with van der Waals surface area (Å²) in [5.74, 6) is 0. The molecule has 1 amide bonds. The zero-order valence-corrected chi connectivity index (χ0v) is 31.4. The SMILES string of the molecule is CCOCCOCCOCCOCCOCCOCCOCCOCCOCCCCCOCCOCCOC.CN1CC(COC=O)OC1=O. The summed E-state index contributed by atoms with van der Waals surface area (Å²) < 4.78 is 73.9. The second-order valence-electron chi connectivity index (χ2n) is 10.7. The van der Waals surface area contributed by atoms with Gasteiger partial charge < -0.3 is 71.2 Å². The minimum atomic E-state index is -0.371. The molecule has 1 aliphatic heterocycles. The Morgan fingerprint density at radius 3 is 1.18 bits per heavy atom. The zero-order chi connectivity index (χ0) is 37.1. The van der Waals surface area contributed by atoms with E-state index in [9.17, 15) is 9.59 Å². The summed E-state index contributed by atoms with van der Waals surface area (Å²) in [4.78, 5) is 21.9. The molecule has 1 heterocycles. The van der Waals surface area contributed by atoms with E-state index >= 15 is 0 Å². The lowest BCUT2D eigenvalue weighted by Crippen LogP contribution is -2.21. The molecule has 0 aromatic heterocycles. The smallest absolute Gasteiger partial charge is 0.410 e. The fraction of sp³-hybridized carbons (Fsp3) is 0.941. The number of unbranched alkanes of at least 4 members (excludes halogenated alkanes) is 2. The van der Waals surface area contributed by atoms with Crippen LogP contribution in [-0.2, 0) is 71.1 Å². The molecule has 0 spiro atoms. The van der Waals surface area contributed by atoms with Crippen molar-refractivity contribution in [3.63, 3.8) is 0 Å². The predicted molar refractivity (Wildman–Crippen MR) is 185 cm³/mol. The Bertz CT molecular complexity index is 673. The van der Waals surface area contributed by atoms with Crippen molar-refractivity contribution in [3.05, 3.63) is 0 Å². The van der Waals surface area contributed by atoms with E-state index in [-0.39, 0.29) is 18.8 Å². The van der Waals surface area contributed by atoms with Gasteiger partial charge >= 0.3 is 6.09 Å². The van der Waals surface area contributed by atoms with E-state index in [2.05, 4.69) is 4.74 Å². The number of amides is 1. The molecule has 17 heteroatoms. The number of likely N-dealkylation sites (N-methyl/N-ethyl adjacent to an activating group) is 1. The maximum absolute atomic E-state index is 10.7. The molecule has 0 aliphatic carbocycles. The summed E-state index contributed by atoms with van der Waals surface area (Å²) in [5.41, 5.74) is 0. The maximum atomic E-state index is 10.7. The van der Waals surface area contributed by atoms with Crippen LogP contribution in [0.1, 0.15) is 26.2 Å². The van der Waals surface area contributed by atoms with Crippen molar-refractivity contribution in [1.82, 2.24) is 4.90 Å². The van der Waals surface area contributed by atoms with Crippen LogP contribution in [0.4, 0.5) is 4.79 Å². The predicted octanol–water partition coefficient (Wildman–Crippen LogP) is 1.62. The molecule has 17 nitrogen and oxygen atoms in total. The van der Waals surface area contributed by atoms with Gasteiger partial charge in [0.1, 0.15) is 6.61 Å². The lowest BCUT2D eigenvalue weighted by molar-refractivity contribution is -0.130. The van der Waals surface area contributed by atoms with Crippen molar-refractivity contribution in [2.45, 2.75) is 32.3 Å². The summed E-state index contributed by atoms with van der Waals surface area (Å²) in [6, 6.07) is 0. The monoisotopic (exact) mass is 745 g/mol. The molecule has 0 saturated carbocycles. The number of ether oxygens (including phenoxy) is 14. The van der Waals surface area contributed by atoms with Crippen LogP contribution in [0.3, 0.4) is 0 Å². The van der Waals surface area contributed by atoms with Crippen LogP contribution in [0, 0.1) is 0 Å². The Kier molecular flexibility index (Phi) is 41.2. The number of hydrogen-bond donors (Lipinski definition) is 0. The molecule has 0 bridgehead atoms. The van der Waals surface area contributed by atoms with Gasteiger partial charge in [-0.3, -0.25) is 4.79 Å². The van der Waals surface area contributed by atoms with Crippen molar-refractivity contribution >= 4 is 12.6 Å². The van der Waals surface area contributed by atoms with Gasteiger partial charge in [0.2, 0.25) is 0 Å². The molecule has 0 aromatic carbocycles. The van der Waals surface area contributed by atoms with E-state index in [1.807, 2.05) is 6.92 Å². The molecule has 1 aliphatic rings. The molecular weight excluding hydrogens is 678 g/mol. The van der Waals surface area contributed by atoms with Gasteiger partial charge in [0.25, 0.3) is 6.47 Å². The Hall–Kier alpha value is -1.74. The average Bonchev–Trinajstić information content (AvgIpc) is 3.46. The zero-order valence-electron chi connectivity index (χ0n) is 31.4. The molecule has 304 valence electrons. The number of methoxy groups -OCH3 is 1. The van der Waals surface area contributed by atoms with Crippen LogP contribution >= 0.6 is 0 Å². The van der Waals surface area contributed by atoms with Crippen LogP contribution in [0.2, 0.25) is 0 Å². The number of nitrogens with zero attached hydrogens (tertiary/aromatic N) is 1. The van der Waals surface area contributed by atoms with E-state index < -0.39 is 0 Å². The molecule has 1 atom stereocenters. The lowest BCUT2D eigenvalue weighted by Gasteiger charge is -2.09. The van der Waals surface area contributed by atoms with Gasteiger partial charge in [0.05, 0.1) is 139 Å². The molecule has 0 N–H and O–H groups in total. The van der Waals surface area contributed by atoms with Gasteiger partial charge in [0, 0.05) is 34.0 Å². The van der Waals surface area contributed by atoms with Crippen molar-refractivity contribution < 1.29 is 75.9 Å². The van der Waals surface area contributed by atoms with E-state index in [0.29, 0.717) is 152 Å². The Labute approximate surface area is 304 Å². The number of carbonyl (C=O) groups is 2. The third-order valence-corrected chi connectivity index (χ3v) is 6.47. The highest BCUT2D eigenvalue weighted by molar-refractivity contribution is 5.69.